The zero-order chi connectivity index (χ0) is 12.7. The number of urea groups is 1. The van der Waals surface area contributed by atoms with Crippen LogP contribution in [0.25, 0.3) is 0 Å². The van der Waals surface area contributed by atoms with E-state index in [0.29, 0.717) is 19.0 Å². The Kier molecular flexibility index (Phi) is 5.06. The van der Waals surface area contributed by atoms with Crippen LogP contribution < -0.4 is 11.5 Å². The maximum Gasteiger partial charge on any atom is 0.314 e. The van der Waals surface area contributed by atoms with E-state index in [-0.39, 0.29) is 12.1 Å². The number of amides is 2. The molecular weight excluding hydrogens is 220 g/mol. The highest BCUT2D eigenvalue weighted by Gasteiger charge is 2.22. The summed E-state index contributed by atoms with van der Waals surface area (Å²) in [5, 5.41) is 0. The van der Waals surface area contributed by atoms with E-state index in [1.165, 1.54) is 12.4 Å². The molecule has 0 spiro atoms. The molecule has 17 heavy (non-hydrogen) atoms. The summed E-state index contributed by atoms with van der Waals surface area (Å²) in [4.78, 5) is 16.5. The van der Waals surface area contributed by atoms with Crippen molar-refractivity contribution in [3.8, 4) is 0 Å². The molecule has 1 heterocycles. The molecule has 1 saturated heterocycles. The summed E-state index contributed by atoms with van der Waals surface area (Å²) in [6.45, 7) is 4.90. The molecule has 6 nitrogen and oxygen atoms in total. The number of allylic oxidation sites excluding steroid dienone is 1. The van der Waals surface area contributed by atoms with Gasteiger partial charge in [-0.05, 0) is 18.9 Å². The Labute approximate surface area is 101 Å². The molecule has 1 rings (SSSR count). The van der Waals surface area contributed by atoms with E-state index >= 15 is 0 Å². The minimum absolute atomic E-state index is 0.0390. The van der Waals surface area contributed by atoms with Crippen molar-refractivity contribution in [2.24, 2.45) is 16.5 Å². The first-order valence-electron chi connectivity index (χ1n) is 5.44. The molecule has 1 fully saturated rings. The normalized spacial score (nSPS) is 17.8. The van der Waals surface area contributed by atoms with Crippen LogP contribution in [0.5, 0.6) is 0 Å². The minimum atomic E-state index is -0.381. The van der Waals surface area contributed by atoms with Gasteiger partial charge < -0.3 is 21.1 Å². The third-order valence-electron chi connectivity index (χ3n) is 2.47. The number of likely N-dealkylation sites (tertiary alicyclic amines) is 1. The Bertz CT molecular complexity index is 330. The standard InChI is InChI=1S/C11H18N4O2/c1-9(14-6-2-5-12)17-10-3-7-15(8-4-10)11(13)16/h2,5-6,10H,1,3-4,7-8,12H2,(H2,13,16)/b5-2-,14-6-. The fourth-order valence-electron chi connectivity index (χ4n) is 1.59. The van der Waals surface area contributed by atoms with E-state index in [1.54, 1.807) is 11.0 Å². The van der Waals surface area contributed by atoms with Crippen LogP contribution in [-0.2, 0) is 4.74 Å². The lowest BCUT2D eigenvalue weighted by molar-refractivity contribution is 0.0613. The van der Waals surface area contributed by atoms with Gasteiger partial charge in [-0.1, -0.05) is 0 Å². The van der Waals surface area contributed by atoms with Crippen molar-refractivity contribution in [1.82, 2.24) is 4.90 Å². The predicted octanol–water partition coefficient (Wildman–Crippen LogP) is 0.561. The molecule has 6 heteroatoms. The van der Waals surface area contributed by atoms with Crippen LogP contribution in [0, 0.1) is 0 Å². The van der Waals surface area contributed by atoms with Crippen LogP contribution in [0.4, 0.5) is 4.79 Å². The molecule has 0 aromatic rings. The van der Waals surface area contributed by atoms with Crippen LogP contribution in [0.3, 0.4) is 0 Å². The van der Waals surface area contributed by atoms with E-state index in [4.69, 9.17) is 16.2 Å². The second kappa shape index (κ2) is 6.57. The lowest BCUT2D eigenvalue weighted by Crippen LogP contribution is -2.43. The summed E-state index contributed by atoms with van der Waals surface area (Å²) in [5.41, 5.74) is 10.3. The number of nitrogens with zero attached hydrogens (tertiary/aromatic N) is 2. The van der Waals surface area contributed by atoms with Crippen molar-refractivity contribution >= 4 is 12.2 Å². The highest BCUT2D eigenvalue weighted by molar-refractivity contribution is 5.72. The molecule has 2 amide bonds. The second-order valence-electron chi connectivity index (χ2n) is 3.70. The molecule has 0 radical (unpaired) electrons. The topological polar surface area (TPSA) is 93.9 Å². The van der Waals surface area contributed by atoms with Crippen molar-refractivity contribution in [1.29, 1.82) is 0 Å². The number of hydrogen-bond acceptors (Lipinski definition) is 4. The maximum absolute atomic E-state index is 10.9. The van der Waals surface area contributed by atoms with Gasteiger partial charge in [0.2, 0.25) is 5.88 Å². The Morgan fingerprint density at radius 3 is 2.65 bits per heavy atom. The smallest absolute Gasteiger partial charge is 0.314 e. The SMILES string of the molecule is C=C(/N=C\C=C/N)OC1CCN(C(N)=O)CC1. The predicted molar refractivity (Wildman–Crippen MR) is 66.2 cm³/mol. The summed E-state index contributed by atoms with van der Waals surface area (Å²) in [5.74, 6) is 0.348. The average Bonchev–Trinajstić information content (AvgIpc) is 2.30. The summed E-state index contributed by atoms with van der Waals surface area (Å²) in [6.07, 6.45) is 6.00. The Hall–Kier alpha value is -1.98. The molecule has 94 valence electrons. The van der Waals surface area contributed by atoms with Crippen molar-refractivity contribution in [3.05, 3.63) is 24.7 Å². The van der Waals surface area contributed by atoms with Gasteiger partial charge in [-0.25, -0.2) is 9.79 Å². The van der Waals surface area contributed by atoms with Crippen LogP contribution >= 0.6 is 0 Å². The highest BCUT2D eigenvalue weighted by Crippen LogP contribution is 2.16. The van der Waals surface area contributed by atoms with Crippen molar-refractivity contribution in [2.75, 3.05) is 13.1 Å². The Morgan fingerprint density at radius 2 is 2.12 bits per heavy atom. The Balaban J connectivity index is 2.30. The first kappa shape index (κ1) is 13.1. The molecule has 0 aromatic heterocycles. The van der Waals surface area contributed by atoms with Gasteiger partial charge in [0.15, 0.2) is 0 Å². The van der Waals surface area contributed by atoms with E-state index in [2.05, 4.69) is 11.6 Å². The second-order valence-corrected chi connectivity index (χ2v) is 3.70. The van der Waals surface area contributed by atoms with Gasteiger partial charge in [0.25, 0.3) is 0 Å². The molecule has 0 aromatic carbocycles. The van der Waals surface area contributed by atoms with Crippen LogP contribution in [0.15, 0.2) is 29.7 Å². The van der Waals surface area contributed by atoms with E-state index < -0.39 is 0 Å². The van der Waals surface area contributed by atoms with Crippen molar-refractivity contribution in [3.63, 3.8) is 0 Å². The minimum Gasteiger partial charge on any atom is -0.475 e. The maximum atomic E-state index is 10.9. The van der Waals surface area contributed by atoms with E-state index in [1.807, 2.05) is 0 Å². The van der Waals surface area contributed by atoms with Gasteiger partial charge in [-0.15, -0.1) is 0 Å². The number of nitrogens with two attached hydrogens (primary N) is 2. The summed E-state index contributed by atoms with van der Waals surface area (Å²) in [6, 6.07) is -0.381. The quantitative estimate of drug-likeness (QED) is 0.553. The molecule has 0 saturated carbocycles. The molecule has 0 aliphatic carbocycles. The summed E-state index contributed by atoms with van der Waals surface area (Å²) >= 11 is 0. The fraction of sp³-hybridized carbons (Fsp3) is 0.455. The number of ether oxygens (including phenoxy) is 1. The van der Waals surface area contributed by atoms with Gasteiger partial charge in [0.1, 0.15) is 6.10 Å². The number of hydrogen-bond donors (Lipinski definition) is 2. The summed E-state index contributed by atoms with van der Waals surface area (Å²) in [7, 11) is 0. The number of carbonyl (C=O) groups is 1. The Morgan fingerprint density at radius 1 is 1.47 bits per heavy atom. The number of aliphatic imine (C=N–C) groups is 1. The zero-order valence-corrected chi connectivity index (χ0v) is 9.71. The van der Waals surface area contributed by atoms with Crippen molar-refractivity contribution < 1.29 is 9.53 Å². The third-order valence-corrected chi connectivity index (χ3v) is 2.47. The molecule has 0 bridgehead atoms. The van der Waals surface area contributed by atoms with E-state index in [9.17, 15) is 4.79 Å². The van der Waals surface area contributed by atoms with Crippen LogP contribution in [0.1, 0.15) is 12.8 Å². The van der Waals surface area contributed by atoms with Crippen LogP contribution in [0.2, 0.25) is 0 Å². The lowest BCUT2D eigenvalue weighted by Gasteiger charge is -2.30. The van der Waals surface area contributed by atoms with Gasteiger partial charge in [0.05, 0.1) is 0 Å². The number of primary amides is 1. The molecule has 0 unspecified atom stereocenters. The van der Waals surface area contributed by atoms with Gasteiger partial charge >= 0.3 is 6.03 Å². The first-order valence-corrected chi connectivity index (χ1v) is 5.44. The molecular formula is C11H18N4O2. The third kappa shape index (κ3) is 4.58. The number of carbonyl (C=O) groups excluding carboxylic acids is 1. The number of piperidine rings is 1. The van der Waals surface area contributed by atoms with Crippen LogP contribution in [-0.4, -0.2) is 36.3 Å². The highest BCUT2D eigenvalue weighted by atomic mass is 16.5. The summed E-state index contributed by atoms with van der Waals surface area (Å²) < 4.78 is 5.52. The fourth-order valence-corrected chi connectivity index (χ4v) is 1.59. The van der Waals surface area contributed by atoms with Crippen molar-refractivity contribution in [2.45, 2.75) is 18.9 Å². The molecule has 1 aliphatic rings. The zero-order valence-electron chi connectivity index (χ0n) is 9.71. The molecule has 4 N–H and O–H groups in total. The largest absolute Gasteiger partial charge is 0.475 e. The lowest BCUT2D eigenvalue weighted by atomic mass is 10.1. The molecule has 1 aliphatic heterocycles. The van der Waals surface area contributed by atoms with E-state index in [0.717, 1.165) is 12.8 Å². The monoisotopic (exact) mass is 238 g/mol. The average molecular weight is 238 g/mol. The first-order chi connectivity index (χ1) is 8.13. The number of rotatable bonds is 4. The van der Waals surface area contributed by atoms with Gasteiger partial charge in [-0.2, -0.15) is 0 Å². The van der Waals surface area contributed by atoms with Gasteiger partial charge in [-0.3, -0.25) is 0 Å². The van der Waals surface area contributed by atoms with Gasteiger partial charge in [0, 0.05) is 32.1 Å². The molecule has 0 atom stereocenters.